The molecule has 0 aliphatic heterocycles. The summed E-state index contributed by atoms with van der Waals surface area (Å²) in [6.07, 6.45) is 3.34. The molecule has 1 amide bonds. The predicted octanol–water partition coefficient (Wildman–Crippen LogP) is 6.86. The molecule has 5 nitrogen and oxygen atoms in total. The van der Waals surface area contributed by atoms with E-state index in [-0.39, 0.29) is 5.91 Å². The van der Waals surface area contributed by atoms with Gasteiger partial charge in [0.2, 0.25) is 5.91 Å². The van der Waals surface area contributed by atoms with Crippen LogP contribution in [-0.4, -0.2) is 19.6 Å². The molecule has 1 N–H and O–H groups in total. The maximum atomic E-state index is 12.8. The molecule has 0 unspecified atom stereocenters. The van der Waals surface area contributed by atoms with Gasteiger partial charge in [-0.3, -0.25) is 4.79 Å². The Morgan fingerprint density at radius 2 is 1.82 bits per heavy atom. The van der Waals surface area contributed by atoms with Crippen molar-refractivity contribution < 1.29 is 18.7 Å². The van der Waals surface area contributed by atoms with Crippen LogP contribution in [0.15, 0.2) is 77.4 Å². The maximum absolute atomic E-state index is 12.8. The Hall–Kier alpha value is -3.99. The summed E-state index contributed by atoms with van der Waals surface area (Å²) in [5.74, 6) is 1.04. The first-order valence-corrected chi connectivity index (χ1v) is 10.9. The second kappa shape index (κ2) is 9.65. The number of para-hydroxylation sites is 2. The van der Waals surface area contributed by atoms with E-state index in [2.05, 4.69) is 36.5 Å². The maximum Gasteiger partial charge on any atom is 0.248 e. The number of hydrogen-bond acceptors (Lipinski definition) is 4. The highest BCUT2D eigenvalue weighted by Crippen LogP contribution is 2.37. The van der Waals surface area contributed by atoms with Crippen LogP contribution in [0.3, 0.4) is 0 Å². The van der Waals surface area contributed by atoms with E-state index in [1.54, 1.807) is 31.6 Å². The van der Waals surface area contributed by atoms with E-state index in [4.69, 9.17) is 13.9 Å². The van der Waals surface area contributed by atoms with Crippen molar-refractivity contribution in [2.45, 2.75) is 20.8 Å². The number of carbonyl (C=O) groups excluding carboxylic acids is 1. The van der Waals surface area contributed by atoms with Gasteiger partial charge in [0.05, 0.1) is 25.7 Å². The molecule has 0 saturated carbocycles. The van der Waals surface area contributed by atoms with Crippen molar-refractivity contribution >= 4 is 28.1 Å². The monoisotopic (exact) mass is 441 g/mol. The summed E-state index contributed by atoms with van der Waals surface area (Å²) < 4.78 is 17.1. The number of hydrogen-bond donors (Lipinski definition) is 1. The molecule has 33 heavy (non-hydrogen) atoms. The number of furan rings is 1. The van der Waals surface area contributed by atoms with Gasteiger partial charge in [0.25, 0.3) is 0 Å². The van der Waals surface area contributed by atoms with Crippen molar-refractivity contribution in [1.82, 2.24) is 0 Å². The number of allylic oxidation sites excluding steroid dienone is 1. The lowest BCUT2D eigenvalue weighted by Crippen LogP contribution is -2.09. The van der Waals surface area contributed by atoms with Gasteiger partial charge in [-0.05, 0) is 50.1 Å². The Labute approximate surface area is 193 Å². The van der Waals surface area contributed by atoms with Gasteiger partial charge in [0.15, 0.2) is 0 Å². The van der Waals surface area contributed by atoms with Crippen molar-refractivity contribution in [3.63, 3.8) is 0 Å². The summed E-state index contributed by atoms with van der Waals surface area (Å²) in [4.78, 5) is 12.8. The molecule has 1 heterocycles. The number of methoxy groups -OCH3 is 1. The molecule has 0 fully saturated rings. The van der Waals surface area contributed by atoms with Crippen LogP contribution in [0.4, 0.5) is 5.69 Å². The lowest BCUT2D eigenvalue weighted by atomic mass is 9.98. The Morgan fingerprint density at radius 1 is 1.06 bits per heavy atom. The molecule has 1 aromatic heterocycles. The second-order valence-corrected chi connectivity index (χ2v) is 7.81. The quantitative estimate of drug-likeness (QED) is 0.318. The standard InChI is InChI=1S/C28H27NO4/c1-5-32-26-16-27-22(23(17-33-27)20-12-10-18(2)11-13-20)15-21(26)19(3)14-28(30)29-24-8-6-7-9-25(24)31-4/h6-17H,5H2,1-4H3,(H,29,30)/b19-14+. The van der Waals surface area contributed by atoms with Gasteiger partial charge in [0.1, 0.15) is 17.1 Å². The Balaban J connectivity index is 1.72. The number of anilines is 1. The van der Waals surface area contributed by atoms with Gasteiger partial charge in [-0.25, -0.2) is 0 Å². The number of nitrogens with one attached hydrogen (secondary N) is 1. The number of ether oxygens (including phenoxy) is 2. The molecule has 0 aliphatic carbocycles. The highest BCUT2D eigenvalue weighted by molar-refractivity contribution is 6.06. The average Bonchev–Trinajstić information content (AvgIpc) is 3.22. The van der Waals surface area contributed by atoms with Crippen LogP contribution < -0.4 is 14.8 Å². The minimum absolute atomic E-state index is 0.245. The van der Waals surface area contributed by atoms with Gasteiger partial charge in [0, 0.05) is 28.7 Å². The summed E-state index contributed by atoms with van der Waals surface area (Å²) in [7, 11) is 1.58. The molecule has 0 bridgehead atoms. The van der Waals surface area contributed by atoms with Crippen molar-refractivity contribution in [3.05, 3.63) is 84.1 Å². The zero-order valence-corrected chi connectivity index (χ0v) is 19.3. The van der Waals surface area contributed by atoms with Crippen LogP contribution in [0.2, 0.25) is 0 Å². The van der Waals surface area contributed by atoms with E-state index < -0.39 is 0 Å². The third-order valence-electron chi connectivity index (χ3n) is 5.48. The summed E-state index contributed by atoms with van der Waals surface area (Å²) in [6.45, 7) is 6.40. The predicted molar refractivity (Wildman–Crippen MR) is 133 cm³/mol. The number of aryl methyl sites for hydroxylation is 1. The van der Waals surface area contributed by atoms with E-state index >= 15 is 0 Å². The van der Waals surface area contributed by atoms with Crippen molar-refractivity contribution in [2.75, 3.05) is 19.0 Å². The normalized spacial score (nSPS) is 11.5. The van der Waals surface area contributed by atoms with E-state index in [9.17, 15) is 4.79 Å². The van der Waals surface area contributed by atoms with Crippen LogP contribution in [0.5, 0.6) is 11.5 Å². The van der Waals surface area contributed by atoms with Gasteiger partial charge in [-0.2, -0.15) is 0 Å². The zero-order valence-electron chi connectivity index (χ0n) is 19.3. The van der Waals surface area contributed by atoms with Crippen molar-refractivity contribution in [1.29, 1.82) is 0 Å². The van der Waals surface area contributed by atoms with Crippen LogP contribution in [-0.2, 0) is 4.79 Å². The van der Waals surface area contributed by atoms with Crippen LogP contribution in [0, 0.1) is 6.92 Å². The number of carbonyl (C=O) groups is 1. The van der Waals surface area contributed by atoms with Gasteiger partial charge >= 0.3 is 0 Å². The number of fused-ring (bicyclic) bond motifs is 1. The second-order valence-electron chi connectivity index (χ2n) is 7.81. The average molecular weight is 442 g/mol. The molecule has 4 aromatic rings. The first kappa shape index (κ1) is 22.2. The highest BCUT2D eigenvalue weighted by Gasteiger charge is 2.15. The Bertz CT molecular complexity index is 1320. The van der Waals surface area contributed by atoms with E-state index in [0.717, 1.165) is 33.2 Å². The molecular formula is C28H27NO4. The van der Waals surface area contributed by atoms with Crippen LogP contribution in [0.1, 0.15) is 25.0 Å². The van der Waals surface area contributed by atoms with Crippen molar-refractivity contribution in [2.24, 2.45) is 0 Å². The first-order valence-electron chi connectivity index (χ1n) is 10.9. The lowest BCUT2D eigenvalue weighted by Gasteiger charge is -2.12. The SMILES string of the molecule is CCOc1cc2occ(-c3ccc(C)cc3)c2cc1/C(C)=C/C(=O)Nc1ccccc1OC. The molecule has 3 aromatic carbocycles. The fraction of sp³-hybridized carbons (Fsp3) is 0.179. The summed E-state index contributed by atoms with van der Waals surface area (Å²) in [5, 5.41) is 3.86. The molecule has 0 saturated heterocycles. The number of rotatable bonds is 7. The van der Waals surface area contributed by atoms with E-state index in [1.165, 1.54) is 5.56 Å². The molecule has 0 spiro atoms. The highest BCUT2D eigenvalue weighted by atomic mass is 16.5. The molecule has 0 aliphatic rings. The third kappa shape index (κ3) is 4.77. The third-order valence-corrected chi connectivity index (χ3v) is 5.48. The minimum atomic E-state index is -0.245. The molecule has 0 atom stereocenters. The van der Waals surface area contributed by atoms with Crippen LogP contribution >= 0.6 is 0 Å². The molecule has 5 heteroatoms. The Kier molecular flexibility index (Phi) is 6.50. The van der Waals surface area contributed by atoms with Gasteiger partial charge in [-0.1, -0.05) is 42.0 Å². The number of amides is 1. The summed E-state index contributed by atoms with van der Waals surface area (Å²) >= 11 is 0. The number of benzene rings is 3. The topological polar surface area (TPSA) is 60.7 Å². The van der Waals surface area contributed by atoms with Gasteiger partial charge in [-0.15, -0.1) is 0 Å². The molecule has 0 radical (unpaired) electrons. The lowest BCUT2D eigenvalue weighted by molar-refractivity contribution is -0.111. The largest absolute Gasteiger partial charge is 0.495 e. The summed E-state index contributed by atoms with van der Waals surface area (Å²) in [5.41, 5.74) is 6.25. The molecular weight excluding hydrogens is 414 g/mol. The van der Waals surface area contributed by atoms with Crippen molar-refractivity contribution in [3.8, 4) is 22.6 Å². The van der Waals surface area contributed by atoms with Crippen LogP contribution in [0.25, 0.3) is 27.7 Å². The zero-order chi connectivity index (χ0) is 23.4. The smallest absolute Gasteiger partial charge is 0.248 e. The Morgan fingerprint density at radius 3 is 2.55 bits per heavy atom. The first-order chi connectivity index (χ1) is 16.0. The fourth-order valence-corrected chi connectivity index (χ4v) is 3.79. The van der Waals surface area contributed by atoms with E-state index in [1.807, 2.05) is 38.1 Å². The minimum Gasteiger partial charge on any atom is -0.495 e. The molecule has 4 rings (SSSR count). The fourth-order valence-electron chi connectivity index (χ4n) is 3.79. The van der Waals surface area contributed by atoms with Gasteiger partial charge < -0.3 is 19.2 Å². The summed E-state index contributed by atoms with van der Waals surface area (Å²) in [6, 6.07) is 19.6. The van der Waals surface area contributed by atoms with E-state index in [0.29, 0.717) is 23.8 Å². The molecule has 168 valence electrons.